The third-order valence-electron chi connectivity index (χ3n) is 7.14. The van der Waals surface area contributed by atoms with Gasteiger partial charge in [-0.25, -0.2) is 0 Å². The highest BCUT2D eigenvalue weighted by atomic mass is 16.1. The fraction of sp³-hybridized carbons (Fsp3) is 0.444. The number of likely N-dealkylation sites (tertiary alicyclic amines) is 1. The lowest BCUT2D eigenvalue weighted by atomic mass is 9.58. The van der Waals surface area contributed by atoms with Crippen molar-refractivity contribution in [2.24, 2.45) is 5.92 Å². The number of carbonyl (C=O) groups excluding carboxylic acids is 1. The van der Waals surface area contributed by atoms with E-state index in [1.165, 1.54) is 62.7 Å². The molecule has 32 heavy (non-hydrogen) atoms. The molecule has 0 bridgehead atoms. The number of carbonyl (C=O) groups is 1. The van der Waals surface area contributed by atoms with E-state index in [2.05, 4.69) is 57.9 Å². The second-order valence-electron chi connectivity index (χ2n) is 9.23. The molecule has 0 spiro atoms. The SMILES string of the molecule is C[B]c1ccc(C2=C[B]c3cc([B]CCCCN4CCC(CC)CC4)ccc3C2=O)cc1. The van der Waals surface area contributed by atoms with Gasteiger partial charge in [0.1, 0.15) is 7.28 Å². The smallest absolute Gasteiger partial charge is 0.191 e. The maximum atomic E-state index is 13.1. The molecule has 2 nitrogen and oxygen atoms in total. The first kappa shape index (κ1) is 23.2. The summed E-state index contributed by atoms with van der Waals surface area (Å²) < 4.78 is 0. The second kappa shape index (κ2) is 11.2. The van der Waals surface area contributed by atoms with Gasteiger partial charge in [0.05, 0.1) is 0 Å². The van der Waals surface area contributed by atoms with Crippen LogP contribution in [0.2, 0.25) is 13.1 Å². The number of ketones is 1. The summed E-state index contributed by atoms with van der Waals surface area (Å²) in [5, 5.41) is 0. The Bertz CT molecular complexity index is 946. The van der Waals surface area contributed by atoms with Crippen molar-refractivity contribution in [2.45, 2.75) is 52.2 Å². The zero-order valence-electron chi connectivity index (χ0n) is 19.6. The molecular weight excluding hydrogens is 387 g/mol. The number of nitrogens with zero attached hydrogens (tertiary/aromatic N) is 1. The average Bonchev–Trinajstić information content (AvgIpc) is 2.84. The summed E-state index contributed by atoms with van der Waals surface area (Å²) in [5.74, 6) is 3.05. The fourth-order valence-corrected chi connectivity index (χ4v) is 4.90. The molecule has 4 rings (SSSR count). The fourth-order valence-electron chi connectivity index (χ4n) is 4.90. The van der Waals surface area contributed by atoms with E-state index in [1.807, 2.05) is 31.0 Å². The summed E-state index contributed by atoms with van der Waals surface area (Å²) in [7, 11) is 6.47. The molecule has 2 aromatic carbocycles. The van der Waals surface area contributed by atoms with Gasteiger partial charge >= 0.3 is 0 Å². The molecule has 0 atom stereocenters. The van der Waals surface area contributed by atoms with Gasteiger partial charge in [-0.2, -0.15) is 0 Å². The Morgan fingerprint density at radius 3 is 2.50 bits per heavy atom. The number of allylic oxidation sites excluding steroid dienone is 1. The molecule has 5 heteroatoms. The summed E-state index contributed by atoms with van der Waals surface area (Å²) in [5.41, 5.74) is 5.99. The van der Waals surface area contributed by atoms with Crippen LogP contribution in [-0.4, -0.2) is 52.2 Å². The van der Waals surface area contributed by atoms with Crippen LogP contribution < -0.4 is 16.4 Å². The minimum Gasteiger partial charge on any atom is -0.303 e. The van der Waals surface area contributed by atoms with Gasteiger partial charge in [0.2, 0.25) is 0 Å². The molecule has 2 heterocycles. The predicted octanol–water partition coefficient (Wildman–Crippen LogP) is 3.28. The van der Waals surface area contributed by atoms with Crippen molar-refractivity contribution in [1.82, 2.24) is 4.90 Å². The van der Waals surface area contributed by atoms with Crippen LogP contribution in [0, 0.1) is 5.92 Å². The van der Waals surface area contributed by atoms with E-state index < -0.39 is 0 Å². The molecule has 2 aromatic rings. The van der Waals surface area contributed by atoms with Crippen LogP contribution in [0.1, 0.15) is 54.9 Å². The largest absolute Gasteiger partial charge is 0.303 e. The van der Waals surface area contributed by atoms with Crippen LogP contribution in [0.5, 0.6) is 0 Å². The summed E-state index contributed by atoms with van der Waals surface area (Å²) in [4.78, 5) is 15.7. The number of Topliss-reactive ketones (excluding diaryl/α,β-unsaturated/α-hetero) is 1. The van der Waals surface area contributed by atoms with Crippen molar-refractivity contribution in [2.75, 3.05) is 19.6 Å². The minimum absolute atomic E-state index is 0.120. The number of rotatable bonds is 9. The van der Waals surface area contributed by atoms with Crippen molar-refractivity contribution >= 4 is 49.6 Å². The number of piperidine rings is 1. The highest BCUT2D eigenvalue weighted by Gasteiger charge is 2.22. The van der Waals surface area contributed by atoms with Crippen LogP contribution >= 0.6 is 0 Å². The van der Waals surface area contributed by atoms with Gasteiger partial charge in [0.25, 0.3) is 0 Å². The molecule has 2 aliphatic rings. The Kier molecular flexibility index (Phi) is 8.13. The third-order valence-corrected chi connectivity index (χ3v) is 7.14. The molecule has 3 radical (unpaired) electrons. The highest BCUT2D eigenvalue weighted by Crippen LogP contribution is 2.21. The van der Waals surface area contributed by atoms with E-state index in [1.54, 1.807) is 0 Å². The Morgan fingerprint density at radius 1 is 1.03 bits per heavy atom. The Morgan fingerprint density at radius 2 is 1.78 bits per heavy atom. The first-order valence-corrected chi connectivity index (χ1v) is 12.4. The van der Waals surface area contributed by atoms with Gasteiger partial charge < -0.3 is 4.90 Å². The number of hydrogen-bond donors (Lipinski definition) is 0. The van der Waals surface area contributed by atoms with Crippen LogP contribution in [0.25, 0.3) is 5.57 Å². The number of fused-ring (bicyclic) bond motifs is 1. The molecule has 0 saturated carbocycles. The monoisotopic (exact) mass is 420 g/mol. The van der Waals surface area contributed by atoms with Crippen LogP contribution in [0.4, 0.5) is 0 Å². The standard InChI is InChI=1S/C27H33B3NO/c1-3-20-12-16-31(17-13-20)15-5-4-14-29-23-10-11-24-26(18-23)30-19-25(27(24)32)21-6-8-22(28-2)9-7-21/h6-11,18-20H,3-5,12-17H2,1-2H3. The van der Waals surface area contributed by atoms with E-state index in [-0.39, 0.29) is 5.78 Å². The first-order chi connectivity index (χ1) is 15.7. The highest BCUT2D eigenvalue weighted by molar-refractivity contribution is 6.67. The number of hydrogen-bond acceptors (Lipinski definition) is 2. The lowest BCUT2D eigenvalue weighted by Gasteiger charge is -2.31. The van der Waals surface area contributed by atoms with E-state index >= 15 is 0 Å². The Balaban J connectivity index is 1.25. The Labute approximate surface area is 196 Å². The van der Waals surface area contributed by atoms with Crippen LogP contribution in [0.3, 0.4) is 0 Å². The van der Waals surface area contributed by atoms with Gasteiger partial charge in [-0.15, -0.1) is 5.98 Å². The number of unbranched alkanes of at least 4 members (excludes halogenated alkanes) is 1. The van der Waals surface area contributed by atoms with Crippen molar-refractivity contribution < 1.29 is 4.79 Å². The molecule has 1 saturated heterocycles. The average molecular weight is 420 g/mol. The van der Waals surface area contributed by atoms with E-state index in [0.717, 1.165) is 34.4 Å². The predicted molar refractivity (Wildman–Crippen MR) is 141 cm³/mol. The molecular formula is C27H33B3NO. The number of benzene rings is 2. The maximum Gasteiger partial charge on any atom is 0.191 e. The molecule has 1 fully saturated rings. The molecule has 0 aromatic heterocycles. The zero-order chi connectivity index (χ0) is 22.3. The molecule has 0 amide bonds. The molecule has 2 aliphatic heterocycles. The maximum absolute atomic E-state index is 13.1. The first-order valence-electron chi connectivity index (χ1n) is 12.4. The zero-order valence-corrected chi connectivity index (χ0v) is 19.6. The second-order valence-corrected chi connectivity index (χ2v) is 9.23. The van der Waals surface area contributed by atoms with Gasteiger partial charge in [0.15, 0.2) is 20.3 Å². The summed E-state index contributed by atoms with van der Waals surface area (Å²) in [6.07, 6.45) is 7.69. The van der Waals surface area contributed by atoms with Crippen molar-refractivity contribution in [3.05, 3.63) is 59.6 Å². The van der Waals surface area contributed by atoms with Crippen LogP contribution in [-0.2, 0) is 0 Å². The lowest BCUT2D eigenvalue weighted by Crippen LogP contribution is -2.34. The molecule has 161 valence electrons. The van der Waals surface area contributed by atoms with Crippen LogP contribution in [0.15, 0.2) is 48.4 Å². The molecule has 0 N–H and O–H groups in total. The topological polar surface area (TPSA) is 20.3 Å². The van der Waals surface area contributed by atoms with Crippen molar-refractivity contribution in [3.8, 4) is 0 Å². The normalized spacial score (nSPS) is 16.8. The summed E-state index contributed by atoms with van der Waals surface area (Å²) in [6, 6.07) is 14.4. The van der Waals surface area contributed by atoms with E-state index in [0.29, 0.717) is 0 Å². The van der Waals surface area contributed by atoms with E-state index in [4.69, 9.17) is 0 Å². The quantitative estimate of drug-likeness (QED) is 0.459. The van der Waals surface area contributed by atoms with Crippen molar-refractivity contribution in [1.29, 1.82) is 0 Å². The van der Waals surface area contributed by atoms with Gasteiger partial charge in [-0.1, -0.05) is 91.8 Å². The van der Waals surface area contributed by atoms with E-state index in [9.17, 15) is 4.79 Å². The Hall–Kier alpha value is -2.00. The lowest BCUT2D eigenvalue weighted by molar-refractivity contribution is 0.105. The van der Waals surface area contributed by atoms with Gasteiger partial charge in [0, 0.05) is 11.1 Å². The van der Waals surface area contributed by atoms with Crippen molar-refractivity contribution in [3.63, 3.8) is 0 Å². The van der Waals surface area contributed by atoms with Gasteiger partial charge in [-0.3, -0.25) is 4.79 Å². The summed E-state index contributed by atoms with van der Waals surface area (Å²) in [6.45, 7) is 8.15. The minimum atomic E-state index is 0.120. The summed E-state index contributed by atoms with van der Waals surface area (Å²) >= 11 is 0. The third kappa shape index (κ3) is 5.67. The molecule has 0 unspecified atom stereocenters. The molecule has 0 aliphatic carbocycles. The van der Waals surface area contributed by atoms with Gasteiger partial charge in [-0.05, 0) is 50.4 Å².